The average Bonchev–Trinajstić information content (AvgIpc) is 3.02. The lowest BCUT2D eigenvalue weighted by molar-refractivity contribution is -0.140. The lowest BCUT2D eigenvalue weighted by atomic mass is 10.1. The molecule has 0 aromatic rings. The van der Waals surface area contributed by atoms with Gasteiger partial charge in [0.15, 0.2) is 0 Å². The number of nitrogens with two attached hydrogens (primary N) is 2. The fourth-order valence-corrected chi connectivity index (χ4v) is 3.63. The number of thiol groups is 1. The number of aliphatic carboxylic acids is 2. The smallest absolute Gasteiger partial charge is 0.320 e. The highest BCUT2D eigenvalue weighted by atomic mass is 32.1. The van der Waals surface area contributed by atoms with Gasteiger partial charge in [0.25, 0.3) is 0 Å². The van der Waals surface area contributed by atoms with Crippen molar-refractivity contribution in [1.82, 2.24) is 37.2 Å². The molecule has 0 spiro atoms. The lowest BCUT2D eigenvalue weighted by Gasteiger charge is -2.17. The second-order valence-corrected chi connectivity index (χ2v) is 10.4. The maximum atomic E-state index is 12.2. The molecule has 13 N–H and O–H groups in total. The maximum Gasteiger partial charge on any atom is 0.320 e. The molecule has 0 radical (unpaired) electrons. The Labute approximate surface area is 271 Å². The molecule has 0 aromatic heterocycles. The standard InChI is InChI=1S/C26H47N9O10S/c27-16(25(42)43)4-6-19(36)32-13-23(40)33-12-21(38)31-11-3-9-29-8-1-2-10-30-22(39)14-34-24(41)18(15-46)35-20(37)7-5-17(28)26(44)45/h16-18,29,46H,1-15,27-28H2,(H,30,39)(H,31,38)(H,32,36)(H,33,40)(H,34,41)(H,35,37)(H,42,43)(H,44,45)/t16-,17-,18-/m0/s1. The highest BCUT2D eigenvalue weighted by molar-refractivity contribution is 7.80. The van der Waals surface area contributed by atoms with Crippen LogP contribution in [0.1, 0.15) is 44.9 Å². The minimum Gasteiger partial charge on any atom is -0.480 e. The predicted molar refractivity (Wildman–Crippen MR) is 167 cm³/mol. The van der Waals surface area contributed by atoms with Crippen molar-refractivity contribution in [2.45, 2.75) is 63.1 Å². The highest BCUT2D eigenvalue weighted by Gasteiger charge is 2.21. The number of carbonyl (C=O) groups is 8. The van der Waals surface area contributed by atoms with Crippen molar-refractivity contribution in [3.05, 3.63) is 0 Å². The monoisotopic (exact) mass is 677 g/mol. The second kappa shape index (κ2) is 25.2. The predicted octanol–water partition coefficient (Wildman–Crippen LogP) is -4.87. The van der Waals surface area contributed by atoms with Crippen LogP contribution in [0.25, 0.3) is 0 Å². The minimum absolute atomic E-state index is 0.0263. The zero-order valence-corrected chi connectivity index (χ0v) is 26.5. The van der Waals surface area contributed by atoms with Crippen LogP contribution in [0.2, 0.25) is 0 Å². The van der Waals surface area contributed by atoms with Crippen LogP contribution < -0.4 is 48.7 Å². The van der Waals surface area contributed by atoms with Crippen LogP contribution in [0.3, 0.4) is 0 Å². The van der Waals surface area contributed by atoms with Crippen LogP contribution in [-0.4, -0.2) is 127 Å². The van der Waals surface area contributed by atoms with Crippen LogP contribution in [0.4, 0.5) is 0 Å². The van der Waals surface area contributed by atoms with E-state index in [1.807, 2.05) is 0 Å². The molecule has 0 aliphatic rings. The molecule has 0 saturated carbocycles. The van der Waals surface area contributed by atoms with Crippen molar-refractivity contribution in [2.75, 3.05) is 51.6 Å². The summed E-state index contributed by atoms with van der Waals surface area (Å²) in [7, 11) is 0. The van der Waals surface area contributed by atoms with E-state index >= 15 is 0 Å². The van der Waals surface area contributed by atoms with E-state index in [1.54, 1.807) is 0 Å². The molecular weight excluding hydrogens is 630 g/mol. The molecule has 0 saturated heterocycles. The summed E-state index contributed by atoms with van der Waals surface area (Å²) in [5, 5.41) is 35.4. The zero-order chi connectivity index (χ0) is 34.9. The molecule has 0 rings (SSSR count). The Kier molecular flexibility index (Phi) is 23.0. The molecule has 0 bridgehead atoms. The first-order valence-corrected chi connectivity index (χ1v) is 15.3. The molecular formula is C26H47N9O10S. The van der Waals surface area contributed by atoms with Gasteiger partial charge in [0.2, 0.25) is 35.4 Å². The van der Waals surface area contributed by atoms with Crippen molar-refractivity contribution in [3.63, 3.8) is 0 Å². The topological polar surface area (TPSA) is 313 Å². The molecule has 3 atom stereocenters. The lowest BCUT2D eigenvalue weighted by Crippen LogP contribution is -2.50. The molecule has 0 fully saturated rings. The van der Waals surface area contributed by atoms with Crippen molar-refractivity contribution in [2.24, 2.45) is 11.5 Å². The van der Waals surface area contributed by atoms with Gasteiger partial charge in [0.05, 0.1) is 19.6 Å². The summed E-state index contributed by atoms with van der Waals surface area (Å²) in [6, 6.07) is -3.35. The third kappa shape index (κ3) is 22.5. The first-order valence-electron chi connectivity index (χ1n) is 14.7. The summed E-state index contributed by atoms with van der Waals surface area (Å²) in [6.07, 6.45) is 1.58. The van der Waals surface area contributed by atoms with E-state index in [2.05, 4.69) is 49.8 Å². The van der Waals surface area contributed by atoms with Gasteiger partial charge in [-0.15, -0.1) is 0 Å². The van der Waals surface area contributed by atoms with Gasteiger partial charge < -0.3 is 58.9 Å². The van der Waals surface area contributed by atoms with E-state index in [-0.39, 0.29) is 51.1 Å². The summed E-state index contributed by atoms with van der Waals surface area (Å²) < 4.78 is 0. The number of carboxylic acid groups (broad SMARTS) is 2. The van der Waals surface area contributed by atoms with E-state index in [1.165, 1.54) is 0 Å². The number of hydrogen-bond acceptors (Lipinski definition) is 12. The van der Waals surface area contributed by atoms with Crippen molar-refractivity contribution in [1.29, 1.82) is 0 Å². The van der Waals surface area contributed by atoms with Gasteiger partial charge in [-0.2, -0.15) is 12.6 Å². The summed E-state index contributed by atoms with van der Waals surface area (Å²) in [6.45, 7) is 1.15. The van der Waals surface area contributed by atoms with Crippen LogP contribution in [0, 0.1) is 0 Å². The number of carbonyl (C=O) groups excluding carboxylic acids is 6. The average molecular weight is 678 g/mol. The molecule has 0 aromatic carbocycles. The number of hydrogen-bond donors (Lipinski definition) is 12. The second-order valence-electron chi connectivity index (χ2n) is 10.1. The number of carboxylic acids is 2. The fraction of sp³-hybridized carbons (Fsp3) is 0.692. The summed E-state index contributed by atoms with van der Waals surface area (Å²) in [5.41, 5.74) is 10.7. The number of unbranched alkanes of at least 4 members (excludes halogenated alkanes) is 1. The summed E-state index contributed by atoms with van der Waals surface area (Å²) in [4.78, 5) is 92.6. The molecule has 19 nitrogen and oxygen atoms in total. The normalized spacial score (nSPS) is 12.5. The Morgan fingerprint density at radius 3 is 1.54 bits per heavy atom. The third-order valence-electron chi connectivity index (χ3n) is 6.10. The molecule has 6 amide bonds. The molecule has 0 unspecified atom stereocenters. The first-order chi connectivity index (χ1) is 21.8. The van der Waals surface area contributed by atoms with Gasteiger partial charge in [-0.05, 0) is 45.2 Å². The quantitative estimate of drug-likeness (QED) is 0.0302. The highest BCUT2D eigenvalue weighted by Crippen LogP contribution is 1.98. The SMILES string of the molecule is N[C@@H](CCC(=O)NCC(=O)NCC(=O)NCCCNCCCCNC(=O)CNC(=O)[C@H](CS)NC(=O)CC[C@H](N)C(=O)O)C(=O)O. The van der Waals surface area contributed by atoms with Gasteiger partial charge in [0.1, 0.15) is 18.1 Å². The summed E-state index contributed by atoms with van der Waals surface area (Å²) in [5.74, 6) is -5.56. The molecule has 0 aliphatic heterocycles. The van der Waals surface area contributed by atoms with Crippen molar-refractivity contribution < 1.29 is 48.6 Å². The Morgan fingerprint density at radius 1 is 0.565 bits per heavy atom. The van der Waals surface area contributed by atoms with Gasteiger partial charge in [-0.1, -0.05) is 0 Å². The number of rotatable bonds is 26. The van der Waals surface area contributed by atoms with Crippen LogP contribution in [0.15, 0.2) is 0 Å². The Hall–Kier alpha value is -4.01. The van der Waals surface area contributed by atoms with Crippen molar-refractivity contribution >= 4 is 60.0 Å². The van der Waals surface area contributed by atoms with Gasteiger partial charge >= 0.3 is 11.9 Å². The Morgan fingerprint density at radius 2 is 1.00 bits per heavy atom. The zero-order valence-electron chi connectivity index (χ0n) is 25.6. The Bertz CT molecular complexity index is 1030. The van der Waals surface area contributed by atoms with Crippen LogP contribution in [0.5, 0.6) is 0 Å². The molecule has 46 heavy (non-hydrogen) atoms. The van der Waals surface area contributed by atoms with E-state index in [9.17, 15) is 38.4 Å². The minimum atomic E-state index is -1.23. The van der Waals surface area contributed by atoms with E-state index in [0.717, 1.165) is 6.42 Å². The molecule has 262 valence electrons. The van der Waals surface area contributed by atoms with Gasteiger partial charge in [0, 0.05) is 31.7 Å². The first kappa shape index (κ1) is 42.0. The van der Waals surface area contributed by atoms with Gasteiger partial charge in [-0.3, -0.25) is 38.4 Å². The molecule has 0 aliphatic carbocycles. The number of amides is 6. The Balaban J connectivity index is 3.80. The van der Waals surface area contributed by atoms with Gasteiger partial charge in [-0.25, -0.2) is 0 Å². The fourth-order valence-electron chi connectivity index (χ4n) is 3.37. The third-order valence-corrected chi connectivity index (χ3v) is 6.47. The van der Waals surface area contributed by atoms with Crippen LogP contribution in [-0.2, 0) is 38.4 Å². The number of nitrogens with one attached hydrogen (secondary N) is 7. The maximum absolute atomic E-state index is 12.2. The van der Waals surface area contributed by atoms with E-state index < -0.39 is 65.5 Å². The van der Waals surface area contributed by atoms with E-state index in [0.29, 0.717) is 39.0 Å². The largest absolute Gasteiger partial charge is 0.480 e. The van der Waals surface area contributed by atoms with E-state index in [4.69, 9.17) is 21.7 Å². The summed E-state index contributed by atoms with van der Waals surface area (Å²) >= 11 is 4.02. The van der Waals surface area contributed by atoms with Crippen LogP contribution >= 0.6 is 12.6 Å². The molecule has 20 heteroatoms. The molecule has 0 heterocycles. The van der Waals surface area contributed by atoms with Crippen molar-refractivity contribution in [3.8, 4) is 0 Å².